The van der Waals surface area contributed by atoms with Gasteiger partial charge in [-0.15, -0.1) is 0 Å². The van der Waals surface area contributed by atoms with Crippen molar-refractivity contribution in [2.75, 3.05) is 0 Å². The highest BCUT2D eigenvalue weighted by Gasteiger charge is 2.61. The summed E-state index contributed by atoms with van der Waals surface area (Å²) in [6.45, 7) is 32.4. The molecule has 6 heteroatoms. The van der Waals surface area contributed by atoms with E-state index >= 15 is 0 Å². The number of rotatable bonds is 29. The molecule has 0 heterocycles. The van der Waals surface area contributed by atoms with Gasteiger partial charge in [-0.1, -0.05) is 190 Å². The fourth-order valence-electron chi connectivity index (χ4n) is 21.6. The largest absolute Gasteiger partial charge is 0.462 e. The second-order valence-corrected chi connectivity index (χ2v) is 31.8. The zero-order valence-electron chi connectivity index (χ0n) is 55.1. The van der Waals surface area contributed by atoms with Gasteiger partial charge >= 0.3 is 11.9 Å². The summed E-state index contributed by atoms with van der Waals surface area (Å²) in [4.78, 5) is 42.0. The molecule has 0 aromatic carbocycles. The number of allylic oxidation sites excluding steroid dienone is 2. The molecule has 8 aliphatic carbocycles. The maximum atomic E-state index is 14.4. The molecule has 8 aliphatic rings. The molecule has 6 nitrogen and oxygen atoms in total. The average Bonchev–Trinajstić information content (AvgIpc) is 2.69. The fourth-order valence-corrected chi connectivity index (χ4v) is 21.6. The Balaban J connectivity index is 0.853. The summed E-state index contributed by atoms with van der Waals surface area (Å²) in [6.07, 6.45) is 43.2. The van der Waals surface area contributed by atoms with E-state index in [2.05, 4.69) is 107 Å². The first-order valence-electron chi connectivity index (χ1n) is 35.8. The number of unbranched alkanes of at least 4 members (excludes halogenated alkanes) is 8. The molecule has 1 amide bonds. The van der Waals surface area contributed by atoms with Gasteiger partial charge in [0, 0.05) is 25.7 Å². The van der Waals surface area contributed by atoms with Gasteiger partial charge in [0.05, 0.1) is 0 Å². The molecule has 0 bridgehead atoms. The van der Waals surface area contributed by atoms with E-state index in [-0.39, 0.29) is 53.7 Å². The van der Waals surface area contributed by atoms with Crippen LogP contribution >= 0.6 is 0 Å². The van der Waals surface area contributed by atoms with Crippen molar-refractivity contribution in [3.8, 4) is 0 Å². The van der Waals surface area contributed by atoms with Crippen LogP contribution in [0.15, 0.2) is 23.3 Å². The van der Waals surface area contributed by atoms with E-state index in [1.54, 1.807) is 0 Å². The van der Waals surface area contributed by atoms with Crippen LogP contribution < -0.4 is 5.32 Å². The third kappa shape index (κ3) is 14.5. The molecular weight excluding hydrogens is 995 g/mol. The number of esters is 2. The molecule has 8 rings (SSSR count). The summed E-state index contributed by atoms with van der Waals surface area (Å²) in [6, 6.07) is -0.857. The third-order valence-corrected chi connectivity index (χ3v) is 26.9. The van der Waals surface area contributed by atoms with Gasteiger partial charge in [-0.3, -0.25) is 9.59 Å². The first-order valence-corrected chi connectivity index (χ1v) is 35.8. The minimum Gasteiger partial charge on any atom is -0.462 e. The third-order valence-electron chi connectivity index (χ3n) is 26.9. The van der Waals surface area contributed by atoms with Gasteiger partial charge < -0.3 is 14.8 Å². The van der Waals surface area contributed by atoms with Gasteiger partial charge in [0.25, 0.3) is 0 Å². The lowest BCUT2D eigenvalue weighted by molar-refractivity contribution is -0.157. The molecule has 0 aromatic heterocycles. The van der Waals surface area contributed by atoms with Gasteiger partial charge in [-0.25, -0.2) is 4.79 Å². The Labute approximate surface area is 499 Å². The number of nitrogens with one attached hydrogen (secondary N) is 1. The van der Waals surface area contributed by atoms with Crippen molar-refractivity contribution in [2.24, 2.45) is 105 Å². The number of ether oxygens (including phenoxy) is 2. The summed E-state index contributed by atoms with van der Waals surface area (Å²) >= 11 is 0. The molecular formula is C75H127NO5. The predicted molar refractivity (Wildman–Crippen MR) is 337 cm³/mol. The molecule has 0 aromatic rings. The minimum atomic E-state index is -0.857. The van der Waals surface area contributed by atoms with Crippen molar-refractivity contribution in [1.82, 2.24) is 5.32 Å². The van der Waals surface area contributed by atoms with E-state index in [1.165, 1.54) is 152 Å². The Morgan fingerprint density at radius 1 is 0.519 bits per heavy atom. The second-order valence-electron chi connectivity index (χ2n) is 31.8. The number of carbonyl (C=O) groups is 3. The van der Waals surface area contributed by atoms with Crippen molar-refractivity contribution in [1.29, 1.82) is 0 Å². The normalized spacial score (nSPS) is 37.0. The average molecular weight is 1120 g/mol. The molecule has 1 N–H and O–H groups in total. The second kappa shape index (κ2) is 28.6. The first kappa shape index (κ1) is 64.9. The summed E-state index contributed by atoms with van der Waals surface area (Å²) < 4.78 is 12.9. The Morgan fingerprint density at radius 2 is 0.975 bits per heavy atom. The molecule has 6 fully saturated rings. The van der Waals surface area contributed by atoms with Crippen LogP contribution in [0.2, 0.25) is 0 Å². The highest BCUT2D eigenvalue weighted by Crippen LogP contribution is 2.69. The zero-order valence-corrected chi connectivity index (χ0v) is 55.1. The van der Waals surface area contributed by atoms with Crippen LogP contribution in [0.3, 0.4) is 0 Å². The standard InChI is InChI=1S/C75H127NO5/c1-14-17-18-19-20-21-22-23-24-25-69(77)76-68(71(79)81-59-41-45-73(11)57(49-59)31-33-61-65-37-35-63(75(65,13)47-43-67(61)73)53(9)27-29-55(16-3)51(6)7)38-39-70(78)80-58-40-44-72(10)56(48-58)30-32-60-64-36-34-62(74(64,12)46-42-66(60)72)52(8)26-28-54(15-2)50(4)5/h30-31,50-55,58-68H,14-29,32-49H2,1-13H3,(H,76,77)/t52?,53?,54?,55?,58-,59-,60?,61?,62+,63+,64?,65?,66?,67?,68-,72-,73-,74+,75+/m0/s1. The van der Waals surface area contributed by atoms with Crippen molar-refractivity contribution >= 4 is 17.8 Å². The Hall–Kier alpha value is -2.11. The van der Waals surface area contributed by atoms with Crippen LogP contribution in [0, 0.1) is 105 Å². The number of amides is 1. The first-order chi connectivity index (χ1) is 38.7. The van der Waals surface area contributed by atoms with Gasteiger partial charge in [-0.2, -0.15) is 0 Å². The molecule has 19 atom stereocenters. The van der Waals surface area contributed by atoms with Crippen molar-refractivity contribution in [3.05, 3.63) is 23.3 Å². The summed E-state index contributed by atoms with van der Waals surface area (Å²) in [5, 5.41) is 3.12. The van der Waals surface area contributed by atoms with E-state index in [0.29, 0.717) is 23.2 Å². The zero-order chi connectivity index (χ0) is 58.3. The topological polar surface area (TPSA) is 81.7 Å². The lowest BCUT2D eigenvalue weighted by atomic mass is 9.47. The molecule has 6 saturated carbocycles. The summed E-state index contributed by atoms with van der Waals surface area (Å²) in [7, 11) is 0. The number of fused-ring (bicyclic) bond motifs is 10. The number of hydrogen-bond acceptors (Lipinski definition) is 5. The van der Waals surface area contributed by atoms with Crippen molar-refractivity contribution in [2.45, 2.75) is 327 Å². The highest BCUT2D eigenvalue weighted by atomic mass is 16.5. The fraction of sp³-hybridized carbons (Fsp3) is 0.907. The molecule has 0 radical (unpaired) electrons. The lowest BCUT2D eigenvalue weighted by Crippen LogP contribution is -2.51. The van der Waals surface area contributed by atoms with Gasteiger partial charge in [0.2, 0.25) is 5.91 Å². The van der Waals surface area contributed by atoms with Crippen LogP contribution in [0.5, 0.6) is 0 Å². The van der Waals surface area contributed by atoms with E-state index in [4.69, 9.17) is 9.47 Å². The summed E-state index contributed by atoms with van der Waals surface area (Å²) in [5.41, 5.74) is 4.30. The maximum Gasteiger partial charge on any atom is 0.328 e. The molecule has 10 unspecified atom stereocenters. The van der Waals surface area contributed by atoms with E-state index < -0.39 is 6.04 Å². The van der Waals surface area contributed by atoms with Crippen molar-refractivity contribution < 1.29 is 23.9 Å². The molecule has 81 heavy (non-hydrogen) atoms. The molecule has 462 valence electrons. The van der Waals surface area contributed by atoms with Crippen LogP contribution in [0.4, 0.5) is 0 Å². The van der Waals surface area contributed by atoms with Crippen LogP contribution in [-0.4, -0.2) is 36.1 Å². The van der Waals surface area contributed by atoms with E-state index in [9.17, 15) is 14.4 Å². The number of hydrogen-bond donors (Lipinski definition) is 1. The van der Waals surface area contributed by atoms with Crippen LogP contribution in [-0.2, 0) is 23.9 Å². The maximum absolute atomic E-state index is 14.4. The van der Waals surface area contributed by atoms with Crippen molar-refractivity contribution in [3.63, 3.8) is 0 Å². The Kier molecular flexibility index (Phi) is 22.9. The van der Waals surface area contributed by atoms with Gasteiger partial charge in [0.1, 0.15) is 18.2 Å². The van der Waals surface area contributed by atoms with Gasteiger partial charge in [-0.05, 0) is 220 Å². The Bertz CT molecular complexity index is 2110. The predicted octanol–water partition coefficient (Wildman–Crippen LogP) is 20.4. The summed E-state index contributed by atoms with van der Waals surface area (Å²) in [5.74, 6) is 10.4. The van der Waals surface area contributed by atoms with E-state index in [1.807, 2.05) is 0 Å². The number of carbonyl (C=O) groups excluding carboxylic acids is 3. The Morgan fingerprint density at radius 3 is 1.43 bits per heavy atom. The van der Waals surface area contributed by atoms with E-state index in [0.717, 1.165) is 135 Å². The SMILES string of the molecule is CCCCCCCCCCCC(=O)N[C@@H](CCC(=O)O[C@H]1CC[C@@]2(C)C(=CCC3C2CC[C@@]2(C)C3CC[C@@H]2C(C)CCC(CC)C(C)C)C1)C(=O)O[C@H]1CC[C@@]2(C)C(=CCC3C2CC[C@@]2(C)C3CC[C@@H]2C(C)CCC(CC)C(C)C)C1. The van der Waals surface area contributed by atoms with Gasteiger partial charge in [0.15, 0.2) is 0 Å². The minimum absolute atomic E-state index is 0.0971. The van der Waals surface area contributed by atoms with Crippen LogP contribution in [0.1, 0.15) is 308 Å². The highest BCUT2D eigenvalue weighted by molar-refractivity contribution is 5.85. The smallest absolute Gasteiger partial charge is 0.328 e. The molecule has 0 saturated heterocycles. The van der Waals surface area contributed by atoms with Crippen LogP contribution in [0.25, 0.3) is 0 Å². The molecule has 0 aliphatic heterocycles. The quantitative estimate of drug-likeness (QED) is 0.0458. The molecule has 0 spiro atoms. The lowest BCUT2D eigenvalue weighted by Gasteiger charge is -2.58. The monoisotopic (exact) mass is 1120 g/mol.